The van der Waals surface area contributed by atoms with Crippen molar-refractivity contribution in [2.24, 2.45) is 0 Å². The Kier molecular flexibility index (Phi) is 4.22. The number of rotatable bonds is 2. The zero-order valence-corrected chi connectivity index (χ0v) is 11.0. The molecule has 18 heavy (non-hydrogen) atoms. The van der Waals surface area contributed by atoms with Crippen LogP contribution >= 0.6 is 0 Å². The van der Waals surface area contributed by atoms with Gasteiger partial charge in [0.2, 0.25) is 11.8 Å². The first kappa shape index (κ1) is 13.3. The third-order valence-electron chi connectivity index (χ3n) is 3.98. The molecule has 1 heterocycles. The maximum atomic E-state index is 12.2. The summed E-state index contributed by atoms with van der Waals surface area (Å²) in [6.07, 6.45) is 5.62. The van der Waals surface area contributed by atoms with Gasteiger partial charge in [0.15, 0.2) is 0 Å². The molecule has 2 rings (SSSR count). The van der Waals surface area contributed by atoms with Crippen LogP contribution in [0.5, 0.6) is 0 Å². The van der Waals surface area contributed by atoms with Gasteiger partial charge in [0, 0.05) is 13.5 Å². The van der Waals surface area contributed by atoms with Gasteiger partial charge in [0.25, 0.3) is 0 Å². The standard InChI is InChI=1S/C13H22N2O3/c1-11(16)14-9-12(17)15-7-8-18-10-13(15)5-3-2-4-6-13/h2-10H2,1H3,(H,14,16). The van der Waals surface area contributed by atoms with Crippen molar-refractivity contribution in [3.8, 4) is 0 Å². The van der Waals surface area contributed by atoms with Gasteiger partial charge in [-0.15, -0.1) is 0 Å². The van der Waals surface area contributed by atoms with Crippen LogP contribution in [0.4, 0.5) is 0 Å². The van der Waals surface area contributed by atoms with Gasteiger partial charge in [-0.2, -0.15) is 0 Å². The van der Waals surface area contributed by atoms with Crippen LogP contribution in [-0.2, 0) is 14.3 Å². The summed E-state index contributed by atoms with van der Waals surface area (Å²) >= 11 is 0. The highest BCUT2D eigenvalue weighted by Gasteiger charge is 2.42. The zero-order valence-electron chi connectivity index (χ0n) is 11.0. The van der Waals surface area contributed by atoms with E-state index < -0.39 is 0 Å². The van der Waals surface area contributed by atoms with Gasteiger partial charge in [0.05, 0.1) is 25.3 Å². The molecule has 1 N–H and O–H groups in total. The molecule has 0 bridgehead atoms. The van der Waals surface area contributed by atoms with Gasteiger partial charge in [0.1, 0.15) is 0 Å². The first-order valence-corrected chi connectivity index (χ1v) is 6.77. The summed E-state index contributed by atoms with van der Waals surface area (Å²) in [6.45, 7) is 3.45. The topological polar surface area (TPSA) is 58.6 Å². The van der Waals surface area contributed by atoms with Crippen molar-refractivity contribution in [3.63, 3.8) is 0 Å². The molecule has 0 radical (unpaired) electrons. The second-order valence-corrected chi connectivity index (χ2v) is 5.29. The number of amides is 2. The first-order chi connectivity index (χ1) is 8.64. The number of hydrogen-bond donors (Lipinski definition) is 1. The highest BCUT2D eigenvalue weighted by Crippen LogP contribution is 2.35. The van der Waals surface area contributed by atoms with E-state index in [1.54, 1.807) is 0 Å². The molecule has 1 spiro atoms. The molecular formula is C13H22N2O3. The van der Waals surface area contributed by atoms with Gasteiger partial charge in [-0.05, 0) is 12.8 Å². The van der Waals surface area contributed by atoms with Crippen molar-refractivity contribution >= 4 is 11.8 Å². The fraction of sp³-hybridized carbons (Fsp3) is 0.846. The van der Waals surface area contributed by atoms with Crippen molar-refractivity contribution in [1.29, 1.82) is 0 Å². The molecule has 2 aliphatic rings. The molecule has 1 saturated heterocycles. The quantitative estimate of drug-likeness (QED) is 0.788. The van der Waals surface area contributed by atoms with Crippen LogP contribution in [0, 0.1) is 0 Å². The largest absolute Gasteiger partial charge is 0.377 e. The van der Waals surface area contributed by atoms with Crippen molar-refractivity contribution in [3.05, 3.63) is 0 Å². The van der Waals surface area contributed by atoms with Gasteiger partial charge in [-0.1, -0.05) is 19.3 Å². The molecule has 5 nitrogen and oxygen atoms in total. The summed E-state index contributed by atoms with van der Waals surface area (Å²) in [4.78, 5) is 25.1. The highest BCUT2D eigenvalue weighted by atomic mass is 16.5. The maximum absolute atomic E-state index is 12.2. The van der Waals surface area contributed by atoms with E-state index in [2.05, 4.69) is 5.32 Å². The molecular weight excluding hydrogens is 232 g/mol. The van der Waals surface area contributed by atoms with Gasteiger partial charge in [-0.3, -0.25) is 9.59 Å². The number of nitrogens with zero attached hydrogens (tertiary/aromatic N) is 1. The van der Waals surface area contributed by atoms with Gasteiger partial charge >= 0.3 is 0 Å². The molecule has 1 aliphatic carbocycles. The molecule has 0 atom stereocenters. The predicted molar refractivity (Wildman–Crippen MR) is 67.0 cm³/mol. The Morgan fingerprint density at radius 2 is 2.00 bits per heavy atom. The third kappa shape index (κ3) is 2.83. The van der Waals surface area contributed by atoms with E-state index in [0.717, 1.165) is 25.7 Å². The number of carbonyl (C=O) groups is 2. The van der Waals surface area contributed by atoms with Crippen LogP contribution in [0.15, 0.2) is 0 Å². The summed E-state index contributed by atoms with van der Waals surface area (Å²) < 4.78 is 5.59. The van der Waals surface area contributed by atoms with Crippen LogP contribution in [0.2, 0.25) is 0 Å². The second kappa shape index (κ2) is 5.69. The Hall–Kier alpha value is -1.10. The molecule has 0 aromatic rings. The Morgan fingerprint density at radius 3 is 2.67 bits per heavy atom. The van der Waals surface area contributed by atoms with Crippen LogP contribution in [0.25, 0.3) is 0 Å². The van der Waals surface area contributed by atoms with E-state index in [-0.39, 0.29) is 23.9 Å². The molecule has 0 aromatic carbocycles. The van der Waals surface area contributed by atoms with Crippen molar-refractivity contribution in [2.45, 2.75) is 44.6 Å². The summed E-state index contributed by atoms with van der Waals surface area (Å²) in [5.41, 5.74) is -0.105. The smallest absolute Gasteiger partial charge is 0.242 e. The predicted octanol–water partition coefficient (Wildman–Crippen LogP) is 0.684. The normalized spacial score (nSPS) is 22.8. The number of ether oxygens (including phenoxy) is 1. The Labute approximate surface area is 108 Å². The minimum atomic E-state index is -0.158. The zero-order chi connectivity index (χ0) is 13.0. The molecule has 102 valence electrons. The highest BCUT2D eigenvalue weighted by molar-refractivity contribution is 5.84. The number of morpholine rings is 1. The number of carbonyl (C=O) groups excluding carboxylic acids is 2. The lowest BCUT2D eigenvalue weighted by atomic mass is 9.80. The third-order valence-corrected chi connectivity index (χ3v) is 3.98. The van der Waals surface area contributed by atoms with Gasteiger partial charge < -0.3 is 15.0 Å². The molecule has 0 aromatic heterocycles. The van der Waals surface area contributed by atoms with E-state index in [9.17, 15) is 9.59 Å². The summed E-state index contributed by atoms with van der Waals surface area (Å²) in [5.74, 6) is -0.135. The van der Waals surface area contributed by atoms with Crippen LogP contribution < -0.4 is 5.32 Å². The minimum Gasteiger partial charge on any atom is -0.377 e. The lowest BCUT2D eigenvalue weighted by Crippen LogP contribution is -2.61. The van der Waals surface area contributed by atoms with Crippen LogP contribution in [0.1, 0.15) is 39.0 Å². The molecule has 2 fully saturated rings. The van der Waals surface area contributed by atoms with E-state index >= 15 is 0 Å². The number of nitrogens with one attached hydrogen (secondary N) is 1. The molecule has 2 amide bonds. The number of hydrogen-bond acceptors (Lipinski definition) is 3. The molecule has 1 saturated carbocycles. The van der Waals surface area contributed by atoms with E-state index in [1.807, 2.05) is 4.90 Å². The van der Waals surface area contributed by atoms with Crippen molar-refractivity contribution < 1.29 is 14.3 Å². The minimum absolute atomic E-state index is 0.0235. The van der Waals surface area contributed by atoms with Gasteiger partial charge in [-0.25, -0.2) is 0 Å². The Bertz CT molecular complexity index is 316. The van der Waals surface area contributed by atoms with Crippen LogP contribution in [-0.4, -0.2) is 48.6 Å². The average molecular weight is 254 g/mol. The summed E-state index contributed by atoms with van der Waals surface area (Å²) in [5, 5.41) is 2.59. The fourth-order valence-corrected chi connectivity index (χ4v) is 3.04. The molecule has 1 aliphatic heterocycles. The molecule has 5 heteroatoms. The SMILES string of the molecule is CC(=O)NCC(=O)N1CCOCC12CCCCC2. The van der Waals surface area contributed by atoms with E-state index in [4.69, 9.17) is 4.74 Å². The second-order valence-electron chi connectivity index (χ2n) is 5.29. The first-order valence-electron chi connectivity index (χ1n) is 6.77. The summed E-state index contributed by atoms with van der Waals surface area (Å²) in [7, 11) is 0. The Morgan fingerprint density at radius 1 is 1.28 bits per heavy atom. The summed E-state index contributed by atoms with van der Waals surface area (Å²) in [6, 6.07) is 0. The van der Waals surface area contributed by atoms with E-state index in [1.165, 1.54) is 13.3 Å². The maximum Gasteiger partial charge on any atom is 0.242 e. The van der Waals surface area contributed by atoms with Crippen LogP contribution in [0.3, 0.4) is 0 Å². The Balaban J connectivity index is 2.02. The van der Waals surface area contributed by atoms with Crippen molar-refractivity contribution in [1.82, 2.24) is 10.2 Å². The fourth-order valence-electron chi connectivity index (χ4n) is 3.04. The lowest BCUT2D eigenvalue weighted by molar-refractivity contribution is -0.152. The lowest BCUT2D eigenvalue weighted by Gasteiger charge is -2.49. The average Bonchev–Trinajstić information content (AvgIpc) is 2.37. The molecule has 0 unspecified atom stereocenters. The monoisotopic (exact) mass is 254 g/mol. The van der Waals surface area contributed by atoms with Crippen molar-refractivity contribution in [2.75, 3.05) is 26.3 Å². The van der Waals surface area contributed by atoms with E-state index in [0.29, 0.717) is 19.8 Å².